The van der Waals surface area contributed by atoms with Crippen LogP contribution in [0.25, 0.3) is 11.0 Å². The van der Waals surface area contributed by atoms with Crippen molar-refractivity contribution >= 4 is 16.9 Å². The van der Waals surface area contributed by atoms with E-state index in [9.17, 15) is 4.79 Å². The van der Waals surface area contributed by atoms with Crippen molar-refractivity contribution in [1.82, 2.24) is 19.9 Å². The van der Waals surface area contributed by atoms with Gasteiger partial charge in [0.1, 0.15) is 5.52 Å². The van der Waals surface area contributed by atoms with Crippen molar-refractivity contribution in [2.24, 2.45) is 5.92 Å². The molecule has 2 aliphatic rings. The van der Waals surface area contributed by atoms with Crippen LogP contribution in [-0.2, 0) is 11.3 Å². The fourth-order valence-electron chi connectivity index (χ4n) is 4.15. The highest BCUT2D eigenvalue weighted by molar-refractivity contribution is 5.79. The van der Waals surface area contributed by atoms with Crippen LogP contribution in [0.5, 0.6) is 0 Å². The first-order chi connectivity index (χ1) is 11.3. The van der Waals surface area contributed by atoms with Crippen LogP contribution in [0.2, 0.25) is 0 Å². The number of carbonyl (C=O) groups is 1. The van der Waals surface area contributed by atoms with E-state index in [1.54, 1.807) is 0 Å². The van der Waals surface area contributed by atoms with Gasteiger partial charge >= 0.3 is 0 Å². The Bertz CT molecular complexity index is 689. The molecule has 0 N–H and O–H groups in total. The van der Waals surface area contributed by atoms with Crippen LogP contribution in [0.1, 0.15) is 44.9 Å². The van der Waals surface area contributed by atoms with Gasteiger partial charge in [0, 0.05) is 12.5 Å². The van der Waals surface area contributed by atoms with Crippen LogP contribution < -0.4 is 0 Å². The summed E-state index contributed by atoms with van der Waals surface area (Å²) in [6, 6.07) is 8.31. The van der Waals surface area contributed by atoms with Crippen molar-refractivity contribution in [3.63, 3.8) is 0 Å². The number of para-hydroxylation sites is 1. The SMILES string of the molecule is O=C(C1CCCCC1)N1CCC[C@@H]1Cn1nnc2ccccc21. The van der Waals surface area contributed by atoms with Crippen LogP contribution in [0.15, 0.2) is 24.3 Å². The van der Waals surface area contributed by atoms with E-state index in [1.165, 1.54) is 19.3 Å². The average molecular weight is 312 g/mol. The molecular formula is C18H24N4O. The molecule has 1 aliphatic heterocycles. The normalized spacial score (nSPS) is 22.8. The van der Waals surface area contributed by atoms with Crippen molar-refractivity contribution < 1.29 is 4.79 Å². The molecule has 122 valence electrons. The smallest absolute Gasteiger partial charge is 0.225 e. The molecule has 4 rings (SSSR count). The van der Waals surface area contributed by atoms with Gasteiger partial charge in [0.25, 0.3) is 0 Å². The predicted octanol–water partition coefficient (Wildman–Crippen LogP) is 3.00. The van der Waals surface area contributed by atoms with E-state index in [2.05, 4.69) is 21.3 Å². The van der Waals surface area contributed by atoms with E-state index in [4.69, 9.17) is 0 Å². The van der Waals surface area contributed by atoms with E-state index in [0.717, 1.165) is 49.8 Å². The van der Waals surface area contributed by atoms with E-state index in [-0.39, 0.29) is 12.0 Å². The van der Waals surface area contributed by atoms with Crippen molar-refractivity contribution in [3.8, 4) is 0 Å². The highest BCUT2D eigenvalue weighted by atomic mass is 16.2. The summed E-state index contributed by atoms with van der Waals surface area (Å²) in [7, 11) is 0. The minimum absolute atomic E-state index is 0.261. The topological polar surface area (TPSA) is 51.0 Å². The molecule has 1 amide bonds. The third-order valence-corrected chi connectivity index (χ3v) is 5.42. The fraction of sp³-hybridized carbons (Fsp3) is 0.611. The third kappa shape index (κ3) is 2.84. The van der Waals surface area contributed by atoms with Gasteiger partial charge in [-0.3, -0.25) is 4.79 Å². The van der Waals surface area contributed by atoms with Crippen molar-refractivity contribution in [3.05, 3.63) is 24.3 Å². The van der Waals surface area contributed by atoms with Gasteiger partial charge in [0.05, 0.1) is 18.1 Å². The van der Waals surface area contributed by atoms with Gasteiger partial charge < -0.3 is 4.90 Å². The lowest BCUT2D eigenvalue weighted by molar-refractivity contribution is -0.137. The van der Waals surface area contributed by atoms with Gasteiger partial charge in [-0.1, -0.05) is 36.6 Å². The molecule has 0 spiro atoms. The van der Waals surface area contributed by atoms with Gasteiger partial charge in [-0.15, -0.1) is 5.10 Å². The molecule has 1 aromatic heterocycles. The molecule has 2 fully saturated rings. The van der Waals surface area contributed by atoms with E-state index >= 15 is 0 Å². The van der Waals surface area contributed by atoms with Crippen LogP contribution in [0.4, 0.5) is 0 Å². The monoisotopic (exact) mass is 312 g/mol. The maximum atomic E-state index is 12.9. The predicted molar refractivity (Wildman–Crippen MR) is 88.8 cm³/mol. The first-order valence-electron chi connectivity index (χ1n) is 8.91. The number of hydrogen-bond donors (Lipinski definition) is 0. The molecule has 0 bridgehead atoms. The standard InChI is InChI=1S/C18H24N4O/c23-18(14-7-2-1-3-8-14)21-12-6-9-15(21)13-22-17-11-5-4-10-16(17)19-20-22/h4-5,10-11,14-15H,1-3,6-9,12-13H2/t15-/m1/s1. The lowest BCUT2D eigenvalue weighted by atomic mass is 9.88. The summed E-state index contributed by atoms with van der Waals surface area (Å²) in [4.78, 5) is 15.0. The molecule has 2 aromatic rings. The lowest BCUT2D eigenvalue weighted by Crippen LogP contribution is -2.42. The molecule has 1 aliphatic carbocycles. The highest BCUT2D eigenvalue weighted by Gasteiger charge is 2.34. The zero-order chi connectivity index (χ0) is 15.6. The Balaban J connectivity index is 1.50. The summed E-state index contributed by atoms with van der Waals surface area (Å²) in [6.07, 6.45) is 8.05. The Morgan fingerprint density at radius 2 is 1.91 bits per heavy atom. The molecule has 1 atom stereocenters. The van der Waals surface area contributed by atoms with Crippen molar-refractivity contribution in [1.29, 1.82) is 0 Å². The van der Waals surface area contributed by atoms with Gasteiger partial charge in [0.15, 0.2) is 0 Å². The zero-order valence-electron chi connectivity index (χ0n) is 13.5. The third-order valence-electron chi connectivity index (χ3n) is 5.42. The number of aromatic nitrogens is 3. The number of rotatable bonds is 3. The first kappa shape index (κ1) is 14.7. The molecule has 0 unspecified atom stereocenters. The van der Waals surface area contributed by atoms with Crippen LogP contribution in [0.3, 0.4) is 0 Å². The molecular weight excluding hydrogens is 288 g/mol. The molecule has 1 saturated carbocycles. The Kier molecular flexibility index (Phi) is 4.02. The summed E-state index contributed by atoms with van der Waals surface area (Å²) in [6.45, 7) is 1.67. The van der Waals surface area contributed by atoms with E-state index < -0.39 is 0 Å². The Hall–Kier alpha value is -1.91. The van der Waals surface area contributed by atoms with Gasteiger partial charge in [-0.05, 0) is 37.8 Å². The summed E-state index contributed by atoms with van der Waals surface area (Å²) in [5.74, 6) is 0.647. The number of amides is 1. The van der Waals surface area contributed by atoms with Crippen LogP contribution >= 0.6 is 0 Å². The number of fused-ring (bicyclic) bond motifs is 1. The van der Waals surface area contributed by atoms with Crippen molar-refractivity contribution in [2.45, 2.75) is 57.5 Å². The number of likely N-dealkylation sites (tertiary alicyclic amines) is 1. The largest absolute Gasteiger partial charge is 0.338 e. The fourth-order valence-corrected chi connectivity index (χ4v) is 4.15. The highest BCUT2D eigenvalue weighted by Crippen LogP contribution is 2.29. The number of nitrogens with zero attached hydrogens (tertiary/aromatic N) is 4. The Morgan fingerprint density at radius 3 is 2.78 bits per heavy atom. The van der Waals surface area contributed by atoms with Gasteiger partial charge in [-0.2, -0.15) is 0 Å². The van der Waals surface area contributed by atoms with Crippen LogP contribution in [0, 0.1) is 5.92 Å². The van der Waals surface area contributed by atoms with Crippen molar-refractivity contribution in [2.75, 3.05) is 6.54 Å². The maximum absolute atomic E-state index is 12.9. The second-order valence-electron chi connectivity index (χ2n) is 6.92. The second kappa shape index (κ2) is 6.30. The number of hydrogen-bond acceptors (Lipinski definition) is 3. The molecule has 0 radical (unpaired) electrons. The van der Waals surface area contributed by atoms with Gasteiger partial charge in [-0.25, -0.2) is 4.68 Å². The quantitative estimate of drug-likeness (QED) is 0.875. The molecule has 5 nitrogen and oxygen atoms in total. The summed E-state index contributed by atoms with van der Waals surface area (Å²) >= 11 is 0. The molecule has 5 heteroatoms. The lowest BCUT2D eigenvalue weighted by Gasteiger charge is -2.30. The number of benzene rings is 1. The van der Waals surface area contributed by atoms with Crippen LogP contribution in [-0.4, -0.2) is 38.4 Å². The first-order valence-corrected chi connectivity index (χ1v) is 8.91. The zero-order valence-corrected chi connectivity index (χ0v) is 13.5. The van der Waals surface area contributed by atoms with E-state index in [1.807, 2.05) is 22.9 Å². The van der Waals surface area contributed by atoms with Gasteiger partial charge in [0.2, 0.25) is 5.91 Å². The molecule has 1 aromatic carbocycles. The Morgan fingerprint density at radius 1 is 1.09 bits per heavy atom. The molecule has 2 heterocycles. The molecule has 23 heavy (non-hydrogen) atoms. The maximum Gasteiger partial charge on any atom is 0.225 e. The summed E-state index contributed by atoms with van der Waals surface area (Å²) in [5.41, 5.74) is 1.99. The average Bonchev–Trinajstić information content (AvgIpc) is 3.23. The molecule has 1 saturated heterocycles. The summed E-state index contributed by atoms with van der Waals surface area (Å²) in [5, 5.41) is 8.52. The minimum atomic E-state index is 0.261. The second-order valence-corrected chi connectivity index (χ2v) is 6.92. The number of carbonyl (C=O) groups excluding carboxylic acids is 1. The summed E-state index contributed by atoms with van der Waals surface area (Å²) < 4.78 is 1.96. The minimum Gasteiger partial charge on any atom is -0.338 e. The Labute approximate surface area is 136 Å². The van der Waals surface area contributed by atoms with E-state index in [0.29, 0.717) is 5.91 Å².